The van der Waals surface area contributed by atoms with Crippen molar-refractivity contribution < 1.29 is 27.0 Å². The van der Waals surface area contributed by atoms with Gasteiger partial charge < -0.3 is 20.7 Å². The Morgan fingerprint density at radius 3 is 2.42 bits per heavy atom. The lowest BCUT2D eigenvalue weighted by Crippen LogP contribution is -2.07. The molecule has 190 valence electrons. The molecule has 0 aliphatic carbocycles. The number of aryl methyl sites for hydroxylation is 1. The van der Waals surface area contributed by atoms with Gasteiger partial charge in [0.1, 0.15) is 11.4 Å². The fourth-order valence-electron chi connectivity index (χ4n) is 3.02. The van der Waals surface area contributed by atoms with Crippen molar-refractivity contribution in [1.82, 2.24) is 20.1 Å². The number of hydrogen-bond acceptors (Lipinski definition) is 9. The second-order valence-electron chi connectivity index (χ2n) is 7.43. The van der Waals surface area contributed by atoms with Gasteiger partial charge in [-0.3, -0.25) is 4.21 Å². The molecule has 0 saturated carbocycles. The maximum Gasteiger partial charge on any atom is 0.455 e. The Bertz CT molecular complexity index is 1330. The maximum atomic E-state index is 12.6. The predicted octanol–water partition coefficient (Wildman–Crippen LogP) is 4.14. The molecule has 13 heteroatoms. The minimum atomic E-state index is -4.73. The summed E-state index contributed by atoms with van der Waals surface area (Å²) in [5.41, 5.74) is 8.40. The number of nitrogens with one attached hydrogen (secondary N) is 1. The number of aromatic nitrogens is 4. The highest BCUT2D eigenvalue weighted by atomic mass is 32.2. The Morgan fingerprint density at radius 1 is 1.14 bits per heavy atom. The lowest BCUT2D eigenvalue weighted by molar-refractivity contribution is -0.146. The van der Waals surface area contributed by atoms with E-state index >= 15 is 0 Å². The second-order valence-corrected chi connectivity index (χ2v) is 8.78. The Balaban J connectivity index is 0.000000338. The molecule has 2 aromatic heterocycles. The van der Waals surface area contributed by atoms with Crippen molar-refractivity contribution in [2.24, 2.45) is 0 Å². The van der Waals surface area contributed by atoms with Crippen LogP contribution in [0.15, 0.2) is 64.1 Å². The van der Waals surface area contributed by atoms with Gasteiger partial charge in [0.25, 0.3) is 11.7 Å². The molecule has 1 unspecified atom stereocenters. The van der Waals surface area contributed by atoms with Gasteiger partial charge in [-0.1, -0.05) is 35.5 Å². The molecule has 0 spiro atoms. The number of nitrogens with zero attached hydrogens (tertiary/aromatic N) is 4. The van der Waals surface area contributed by atoms with Crippen molar-refractivity contribution in [3.8, 4) is 11.5 Å². The molecule has 0 radical (unpaired) electrons. The van der Waals surface area contributed by atoms with Crippen molar-refractivity contribution in [1.29, 1.82) is 0 Å². The third-order valence-electron chi connectivity index (χ3n) is 4.71. The van der Waals surface area contributed by atoms with E-state index in [2.05, 4.69) is 29.9 Å². The number of anilines is 3. The SMILES string of the molecule is Cc1cc(Nc2ncc(-c3nc(C(F)(F)F)no3)c(N)n2)ccc1S(C)=O.OCCc1ccccc1. The standard InChI is InChI=1S/C15H13F3N6O2S.C8H10O/c1-7-5-8(3-4-10(7)27(2)25)21-14-20-6-9(11(19)22-14)12-23-13(24-26-12)15(16,17)18;9-7-6-8-4-2-1-3-5-8/h3-6H,1-2H3,(H3,19,20,21,22);1-5,9H,6-7H2. The summed E-state index contributed by atoms with van der Waals surface area (Å²) in [6.45, 7) is 2.05. The van der Waals surface area contributed by atoms with Crippen LogP contribution in [0.2, 0.25) is 0 Å². The summed E-state index contributed by atoms with van der Waals surface area (Å²) in [7, 11) is -1.11. The summed E-state index contributed by atoms with van der Waals surface area (Å²) in [5.74, 6) is -1.86. The molecule has 4 rings (SSSR count). The molecule has 0 fully saturated rings. The Kier molecular flexibility index (Phi) is 8.72. The van der Waals surface area contributed by atoms with Crippen LogP contribution in [0.3, 0.4) is 0 Å². The average Bonchev–Trinajstić information content (AvgIpc) is 3.31. The summed E-state index contributed by atoms with van der Waals surface area (Å²) in [5, 5.41) is 14.3. The lowest BCUT2D eigenvalue weighted by Gasteiger charge is -2.09. The first kappa shape index (κ1) is 26.8. The smallest absolute Gasteiger partial charge is 0.396 e. The van der Waals surface area contributed by atoms with Gasteiger partial charge in [-0.15, -0.1) is 0 Å². The van der Waals surface area contributed by atoms with E-state index in [-0.39, 0.29) is 23.9 Å². The summed E-state index contributed by atoms with van der Waals surface area (Å²) in [6, 6.07) is 15.1. The molecule has 4 N–H and O–H groups in total. The summed E-state index contributed by atoms with van der Waals surface area (Å²) in [6.07, 6.45) is -1.20. The molecule has 0 bridgehead atoms. The molecular formula is C23H23F3N6O3S. The maximum absolute atomic E-state index is 12.6. The number of aliphatic hydroxyl groups excluding tert-OH is 1. The molecular weight excluding hydrogens is 497 g/mol. The molecule has 0 saturated heterocycles. The summed E-state index contributed by atoms with van der Waals surface area (Å²) < 4.78 is 53.8. The van der Waals surface area contributed by atoms with E-state index in [0.29, 0.717) is 10.6 Å². The molecule has 0 amide bonds. The molecule has 2 heterocycles. The van der Waals surface area contributed by atoms with Crippen LogP contribution in [0.5, 0.6) is 0 Å². The van der Waals surface area contributed by atoms with Crippen molar-refractivity contribution in [3.05, 3.63) is 71.7 Å². The van der Waals surface area contributed by atoms with Crippen molar-refractivity contribution >= 4 is 28.3 Å². The van der Waals surface area contributed by atoms with Crippen molar-refractivity contribution in [2.75, 3.05) is 23.9 Å². The quantitative estimate of drug-likeness (QED) is 0.342. The number of rotatable bonds is 6. The highest BCUT2D eigenvalue weighted by molar-refractivity contribution is 7.84. The molecule has 9 nitrogen and oxygen atoms in total. The van der Waals surface area contributed by atoms with Gasteiger partial charge in [0.05, 0.1) is 10.8 Å². The van der Waals surface area contributed by atoms with E-state index in [1.165, 1.54) is 11.8 Å². The van der Waals surface area contributed by atoms with Crippen LogP contribution < -0.4 is 11.1 Å². The first-order chi connectivity index (χ1) is 17.1. The zero-order chi connectivity index (χ0) is 26.3. The van der Waals surface area contributed by atoms with E-state index in [9.17, 15) is 17.4 Å². The molecule has 0 aliphatic rings. The van der Waals surface area contributed by atoms with Crippen molar-refractivity contribution in [2.45, 2.75) is 24.4 Å². The topological polar surface area (TPSA) is 140 Å². The van der Waals surface area contributed by atoms with Gasteiger partial charge in [0, 0.05) is 29.6 Å². The van der Waals surface area contributed by atoms with Crippen LogP contribution in [0.25, 0.3) is 11.5 Å². The Morgan fingerprint density at radius 2 is 1.86 bits per heavy atom. The number of halogens is 3. The third-order valence-corrected chi connectivity index (χ3v) is 5.79. The number of alkyl halides is 3. The fraction of sp³-hybridized carbons (Fsp3) is 0.217. The predicted molar refractivity (Wildman–Crippen MR) is 129 cm³/mol. The highest BCUT2D eigenvalue weighted by Crippen LogP contribution is 2.30. The monoisotopic (exact) mass is 520 g/mol. The van der Waals surface area contributed by atoms with E-state index in [4.69, 9.17) is 10.8 Å². The summed E-state index contributed by atoms with van der Waals surface area (Å²) in [4.78, 5) is 11.9. The Labute approximate surface area is 207 Å². The van der Waals surface area contributed by atoms with Crippen LogP contribution in [-0.4, -0.2) is 42.3 Å². The van der Waals surface area contributed by atoms with Gasteiger partial charge in [-0.25, -0.2) is 4.98 Å². The molecule has 2 aromatic carbocycles. The minimum Gasteiger partial charge on any atom is -0.396 e. The number of aliphatic hydroxyl groups is 1. The van der Waals surface area contributed by atoms with E-state index in [0.717, 1.165) is 12.0 Å². The van der Waals surface area contributed by atoms with Gasteiger partial charge in [0.2, 0.25) is 5.95 Å². The molecule has 1 atom stereocenters. The first-order valence-corrected chi connectivity index (χ1v) is 12.0. The summed E-state index contributed by atoms with van der Waals surface area (Å²) >= 11 is 0. The van der Waals surface area contributed by atoms with Crippen molar-refractivity contribution in [3.63, 3.8) is 0 Å². The number of nitrogen functional groups attached to an aromatic ring is 1. The van der Waals surface area contributed by atoms with E-state index < -0.39 is 28.7 Å². The molecule has 0 aliphatic heterocycles. The first-order valence-electron chi connectivity index (χ1n) is 10.5. The molecule has 4 aromatic rings. The van der Waals surface area contributed by atoms with Gasteiger partial charge in [-0.05, 0) is 42.7 Å². The van der Waals surface area contributed by atoms with Gasteiger partial charge >= 0.3 is 6.18 Å². The fourth-order valence-corrected chi connectivity index (χ4v) is 3.79. The van der Waals surface area contributed by atoms with Crippen LogP contribution in [0, 0.1) is 6.92 Å². The van der Waals surface area contributed by atoms with E-state index in [1.807, 2.05) is 37.3 Å². The second kappa shape index (κ2) is 11.7. The molecule has 36 heavy (non-hydrogen) atoms. The minimum absolute atomic E-state index is 0.0172. The largest absolute Gasteiger partial charge is 0.455 e. The lowest BCUT2D eigenvalue weighted by atomic mass is 10.2. The van der Waals surface area contributed by atoms with Crippen LogP contribution in [0.1, 0.15) is 17.0 Å². The highest BCUT2D eigenvalue weighted by Gasteiger charge is 2.37. The zero-order valence-electron chi connectivity index (χ0n) is 19.3. The van der Waals surface area contributed by atoms with Crippen LogP contribution in [0.4, 0.5) is 30.6 Å². The van der Waals surface area contributed by atoms with Gasteiger partial charge in [0.15, 0.2) is 0 Å². The number of nitrogens with two attached hydrogens (primary N) is 1. The van der Waals surface area contributed by atoms with Crippen LogP contribution >= 0.6 is 0 Å². The van der Waals surface area contributed by atoms with E-state index in [1.54, 1.807) is 24.5 Å². The average molecular weight is 521 g/mol. The Hall–Kier alpha value is -3.84. The number of benzene rings is 2. The van der Waals surface area contributed by atoms with Crippen LogP contribution in [-0.2, 0) is 23.4 Å². The normalized spacial score (nSPS) is 11.9. The third kappa shape index (κ3) is 7.09. The number of hydrogen-bond donors (Lipinski definition) is 3. The van der Waals surface area contributed by atoms with Gasteiger partial charge in [-0.2, -0.15) is 23.1 Å². The zero-order valence-corrected chi connectivity index (χ0v) is 20.1.